The lowest BCUT2D eigenvalue weighted by molar-refractivity contribution is -0.132. The molecule has 1 aromatic carbocycles. The van der Waals surface area contributed by atoms with Gasteiger partial charge in [0.05, 0.1) is 5.92 Å². The number of hydrogen-bond acceptors (Lipinski definition) is 3. The standard InChI is InChI=1S/C16H27N3O/c1-5-19(11-7-10-18(3)4)16(20)13(2)14-8-6-9-15(17)12-14/h6,8-9,12-13H,5,7,10-11,17H2,1-4H3. The summed E-state index contributed by atoms with van der Waals surface area (Å²) in [5, 5.41) is 0. The molecule has 1 amide bonds. The summed E-state index contributed by atoms with van der Waals surface area (Å²) < 4.78 is 0. The zero-order chi connectivity index (χ0) is 15.1. The Morgan fingerprint density at radius 3 is 2.55 bits per heavy atom. The summed E-state index contributed by atoms with van der Waals surface area (Å²) in [5.41, 5.74) is 7.48. The third kappa shape index (κ3) is 4.85. The van der Waals surface area contributed by atoms with Crippen LogP contribution in [0.4, 0.5) is 5.69 Å². The first kappa shape index (κ1) is 16.5. The minimum absolute atomic E-state index is 0.141. The van der Waals surface area contributed by atoms with E-state index in [-0.39, 0.29) is 11.8 Å². The second kappa shape index (κ2) is 7.90. The molecule has 0 saturated heterocycles. The molecule has 0 radical (unpaired) electrons. The average molecular weight is 277 g/mol. The number of carbonyl (C=O) groups is 1. The van der Waals surface area contributed by atoms with Gasteiger partial charge in [0.1, 0.15) is 0 Å². The van der Waals surface area contributed by atoms with Crippen LogP contribution < -0.4 is 5.73 Å². The maximum absolute atomic E-state index is 12.5. The molecular weight excluding hydrogens is 250 g/mol. The van der Waals surface area contributed by atoms with Crippen molar-refractivity contribution in [3.05, 3.63) is 29.8 Å². The van der Waals surface area contributed by atoms with E-state index in [2.05, 4.69) is 4.90 Å². The lowest BCUT2D eigenvalue weighted by Crippen LogP contribution is -2.36. The summed E-state index contributed by atoms with van der Waals surface area (Å²) in [7, 11) is 4.10. The zero-order valence-corrected chi connectivity index (χ0v) is 13.1. The number of likely N-dealkylation sites (N-methyl/N-ethyl adjacent to an activating group) is 1. The number of amides is 1. The Morgan fingerprint density at radius 1 is 1.30 bits per heavy atom. The van der Waals surface area contributed by atoms with E-state index in [0.717, 1.165) is 31.6 Å². The van der Waals surface area contributed by atoms with Gasteiger partial charge in [0.15, 0.2) is 0 Å². The first-order valence-corrected chi connectivity index (χ1v) is 7.24. The molecule has 0 fully saturated rings. The van der Waals surface area contributed by atoms with Crippen molar-refractivity contribution in [1.82, 2.24) is 9.80 Å². The predicted octanol–water partition coefficient (Wildman–Crippen LogP) is 2.17. The Morgan fingerprint density at radius 2 is 2.00 bits per heavy atom. The summed E-state index contributed by atoms with van der Waals surface area (Å²) in [6, 6.07) is 7.59. The molecular formula is C16H27N3O. The van der Waals surface area contributed by atoms with Crippen LogP contribution in [0.2, 0.25) is 0 Å². The van der Waals surface area contributed by atoms with Gasteiger partial charge in [-0.05, 0) is 58.6 Å². The number of nitrogens with zero attached hydrogens (tertiary/aromatic N) is 2. The molecule has 0 saturated carbocycles. The highest BCUT2D eigenvalue weighted by atomic mass is 16.2. The molecule has 1 unspecified atom stereocenters. The molecule has 1 atom stereocenters. The van der Waals surface area contributed by atoms with E-state index in [0.29, 0.717) is 5.69 Å². The Labute approximate surface area is 122 Å². The number of carbonyl (C=O) groups excluding carboxylic acids is 1. The molecule has 0 spiro atoms. The molecule has 0 aliphatic rings. The Balaban J connectivity index is 2.65. The van der Waals surface area contributed by atoms with Gasteiger partial charge in [0, 0.05) is 18.8 Å². The maximum Gasteiger partial charge on any atom is 0.229 e. The average Bonchev–Trinajstić information content (AvgIpc) is 2.42. The highest BCUT2D eigenvalue weighted by Crippen LogP contribution is 2.20. The number of anilines is 1. The van der Waals surface area contributed by atoms with Crippen molar-refractivity contribution in [3.8, 4) is 0 Å². The largest absolute Gasteiger partial charge is 0.399 e. The van der Waals surface area contributed by atoms with Gasteiger partial charge < -0.3 is 15.5 Å². The molecule has 2 N–H and O–H groups in total. The van der Waals surface area contributed by atoms with Gasteiger partial charge in [-0.1, -0.05) is 12.1 Å². The van der Waals surface area contributed by atoms with Gasteiger partial charge in [-0.25, -0.2) is 0 Å². The van der Waals surface area contributed by atoms with E-state index in [9.17, 15) is 4.79 Å². The molecule has 0 aliphatic carbocycles. The Bertz CT molecular complexity index is 431. The first-order valence-electron chi connectivity index (χ1n) is 7.24. The van der Waals surface area contributed by atoms with Crippen molar-refractivity contribution >= 4 is 11.6 Å². The second-order valence-electron chi connectivity index (χ2n) is 5.47. The molecule has 0 heterocycles. The summed E-state index contributed by atoms with van der Waals surface area (Å²) in [6.45, 7) is 6.53. The van der Waals surface area contributed by atoms with Crippen molar-refractivity contribution in [3.63, 3.8) is 0 Å². The molecule has 4 nitrogen and oxygen atoms in total. The lowest BCUT2D eigenvalue weighted by Gasteiger charge is -2.25. The van der Waals surface area contributed by atoms with Crippen LogP contribution in [0.15, 0.2) is 24.3 Å². The fourth-order valence-corrected chi connectivity index (χ4v) is 2.25. The number of hydrogen-bond donors (Lipinski definition) is 1. The lowest BCUT2D eigenvalue weighted by atomic mass is 9.99. The fraction of sp³-hybridized carbons (Fsp3) is 0.562. The van der Waals surface area contributed by atoms with Gasteiger partial charge >= 0.3 is 0 Å². The minimum atomic E-state index is -0.141. The summed E-state index contributed by atoms with van der Waals surface area (Å²) in [5.74, 6) is 0.0367. The van der Waals surface area contributed by atoms with Crippen LogP contribution in [0.5, 0.6) is 0 Å². The van der Waals surface area contributed by atoms with Crippen LogP contribution in [0, 0.1) is 0 Å². The van der Waals surface area contributed by atoms with Gasteiger partial charge in [-0.15, -0.1) is 0 Å². The molecule has 4 heteroatoms. The van der Waals surface area contributed by atoms with Gasteiger partial charge in [0.25, 0.3) is 0 Å². The van der Waals surface area contributed by atoms with Crippen LogP contribution in [0.3, 0.4) is 0 Å². The quantitative estimate of drug-likeness (QED) is 0.777. The highest BCUT2D eigenvalue weighted by molar-refractivity contribution is 5.83. The van der Waals surface area contributed by atoms with Crippen molar-refractivity contribution in [1.29, 1.82) is 0 Å². The first-order chi connectivity index (χ1) is 9.45. The van der Waals surface area contributed by atoms with E-state index >= 15 is 0 Å². The normalized spacial score (nSPS) is 12.4. The van der Waals surface area contributed by atoms with Gasteiger partial charge in [0.2, 0.25) is 5.91 Å². The third-order valence-corrected chi connectivity index (χ3v) is 3.51. The third-order valence-electron chi connectivity index (χ3n) is 3.51. The maximum atomic E-state index is 12.5. The molecule has 1 aromatic rings. The van der Waals surface area contributed by atoms with E-state index in [1.165, 1.54) is 0 Å². The Hall–Kier alpha value is -1.55. The fourth-order valence-electron chi connectivity index (χ4n) is 2.25. The summed E-state index contributed by atoms with van der Waals surface area (Å²) in [4.78, 5) is 16.6. The van der Waals surface area contributed by atoms with Crippen LogP contribution in [0.25, 0.3) is 0 Å². The molecule has 1 rings (SSSR count). The number of nitrogen functional groups attached to an aromatic ring is 1. The zero-order valence-electron chi connectivity index (χ0n) is 13.1. The van der Waals surface area contributed by atoms with Crippen molar-refractivity contribution < 1.29 is 4.79 Å². The Kier molecular flexibility index (Phi) is 6.52. The molecule has 0 bridgehead atoms. The minimum Gasteiger partial charge on any atom is -0.399 e. The smallest absolute Gasteiger partial charge is 0.229 e. The summed E-state index contributed by atoms with van der Waals surface area (Å²) >= 11 is 0. The molecule has 0 aromatic heterocycles. The van der Waals surface area contributed by atoms with E-state index in [1.54, 1.807) is 0 Å². The van der Waals surface area contributed by atoms with Crippen LogP contribution in [-0.4, -0.2) is 49.4 Å². The molecule has 20 heavy (non-hydrogen) atoms. The van der Waals surface area contributed by atoms with E-state index in [1.807, 2.05) is 57.1 Å². The topological polar surface area (TPSA) is 49.6 Å². The van der Waals surface area contributed by atoms with Crippen molar-refractivity contribution in [2.24, 2.45) is 0 Å². The predicted molar refractivity (Wildman–Crippen MR) is 84.7 cm³/mol. The van der Waals surface area contributed by atoms with Crippen LogP contribution >= 0.6 is 0 Å². The van der Waals surface area contributed by atoms with Gasteiger partial charge in [-0.2, -0.15) is 0 Å². The van der Waals surface area contributed by atoms with Crippen molar-refractivity contribution in [2.75, 3.05) is 39.5 Å². The molecule has 112 valence electrons. The highest BCUT2D eigenvalue weighted by Gasteiger charge is 2.20. The number of benzene rings is 1. The van der Waals surface area contributed by atoms with Crippen LogP contribution in [-0.2, 0) is 4.79 Å². The van der Waals surface area contributed by atoms with Crippen LogP contribution in [0.1, 0.15) is 31.7 Å². The summed E-state index contributed by atoms with van der Waals surface area (Å²) in [6.07, 6.45) is 0.996. The monoisotopic (exact) mass is 277 g/mol. The van der Waals surface area contributed by atoms with Gasteiger partial charge in [-0.3, -0.25) is 4.79 Å². The molecule has 0 aliphatic heterocycles. The second-order valence-corrected chi connectivity index (χ2v) is 5.47. The number of nitrogens with two attached hydrogens (primary N) is 1. The van der Waals surface area contributed by atoms with Crippen molar-refractivity contribution in [2.45, 2.75) is 26.2 Å². The van der Waals surface area contributed by atoms with E-state index < -0.39 is 0 Å². The van der Waals surface area contributed by atoms with E-state index in [4.69, 9.17) is 5.73 Å². The SMILES string of the molecule is CCN(CCCN(C)C)C(=O)C(C)c1cccc(N)c1. The number of rotatable bonds is 7.